The van der Waals surface area contributed by atoms with Crippen molar-refractivity contribution < 1.29 is 19.1 Å². The molecule has 9 heteroatoms. The molecule has 0 aliphatic rings. The number of nitrogens with zero attached hydrogens (tertiary/aromatic N) is 4. The van der Waals surface area contributed by atoms with Crippen LogP contribution in [0, 0.1) is 12.7 Å². The first-order valence-electron chi connectivity index (χ1n) is 10.6. The lowest BCUT2D eigenvalue weighted by Crippen LogP contribution is -2.15. The van der Waals surface area contributed by atoms with Crippen LogP contribution in [0.4, 0.5) is 4.39 Å². The molecule has 0 amide bonds. The average molecular weight is 489 g/mol. The van der Waals surface area contributed by atoms with Gasteiger partial charge in [0.2, 0.25) is 0 Å². The van der Waals surface area contributed by atoms with E-state index < -0.39 is 17.7 Å². The van der Waals surface area contributed by atoms with Gasteiger partial charge in [0.05, 0.1) is 33.7 Å². The Morgan fingerprint density at radius 2 is 1.89 bits per heavy atom. The molecular weight excluding hydrogens is 471 g/mol. The van der Waals surface area contributed by atoms with E-state index in [0.717, 1.165) is 11.6 Å². The molecule has 35 heavy (non-hydrogen) atoms. The van der Waals surface area contributed by atoms with E-state index >= 15 is 4.39 Å². The number of benzene rings is 3. The van der Waals surface area contributed by atoms with Crippen LogP contribution in [0.25, 0.3) is 33.4 Å². The first kappa shape index (κ1) is 22.5. The molecule has 7 nitrogen and oxygen atoms in total. The molecule has 3 aromatic carbocycles. The maximum atomic E-state index is 15.0. The summed E-state index contributed by atoms with van der Waals surface area (Å²) in [5.41, 5.74) is 2.94. The summed E-state index contributed by atoms with van der Waals surface area (Å²) in [5, 5.41) is 14.5. The second-order valence-corrected chi connectivity index (χ2v) is 8.56. The normalized spacial score (nSPS) is 11.2. The van der Waals surface area contributed by atoms with Crippen LogP contribution in [0.3, 0.4) is 0 Å². The molecule has 1 N–H and O–H groups in total. The van der Waals surface area contributed by atoms with Crippen molar-refractivity contribution in [2.24, 2.45) is 7.05 Å². The molecule has 0 aliphatic carbocycles. The highest BCUT2D eigenvalue weighted by Gasteiger charge is 2.24. The van der Waals surface area contributed by atoms with E-state index in [1.807, 2.05) is 19.3 Å². The first-order valence-corrected chi connectivity index (χ1v) is 11.0. The molecule has 0 saturated heterocycles. The maximum Gasteiger partial charge on any atom is 0.335 e. The third-order valence-electron chi connectivity index (χ3n) is 5.78. The average Bonchev–Trinajstić information content (AvgIpc) is 3.42. The maximum absolute atomic E-state index is 15.0. The number of hydrogen-bond acceptors (Lipinski definition) is 4. The van der Waals surface area contributed by atoms with E-state index in [-0.39, 0.29) is 27.4 Å². The highest BCUT2D eigenvalue weighted by atomic mass is 35.5. The van der Waals surface area contributed by atoms with Gasteiger partial charge in [-0.05, 0) is 48.9 Å². The van der Waals surface area contributed by atoms with Crippen LogP contribution in [-0.2, 0) is 7.05 Å². The molecule has 174 valence electrons. The Balaban J connectivity index is 1.77. The second-order valence-electron chi connectivity index (χ2n) is 8.15. The van der Waals surface area contributed by atoms with Gasteiger partial charge in [-0.15, -0.1) is 0 Å². The van der Waals surface area contributed by atoms with Gasteiger partial charge in [0.15, 0.2) is 0 Å². The van der Waals surface area contributed by atoms with E-state index in [0.29, 0.717) is 22.2 Å². The summed E-state index contributed by atoms with van der Waals surface area (Å²) in [7, 11) is 1.85. The highest BCUT2D eigenvalue weighted by molar-refractivity contribution is 6.34. The molecular formula is C26H18ClFN4O3. The summed E-state index contributed by atoms with van der Waals surface area (Å²) in [6.07, 6.45) is 3.51. The highest BCUT2D eigenvalue weighted by Crippen LogP contribution is 2.34. The second kappa shape index (κ2) is 8.48. The van der Waals surface area contributed by atoms with Crippen molar-refractivity contribution in [3.63, 3.8) is 0 Å². The van der Waals surface area contributed by atoms with Crippen molar-refractivity contribution in [2.45, 2.75) is 6.92 Å². The minimum absolute atomic E-state index is 0.0769. The first-order chi connectivity index (χ1) is 16.7. The van der Waals surface area contributed by atoms with E-state index in [1.54, 1.807) is 48.1 Å². The number of imidazole rings is 1. The van der Waals surface area contributed by atoms with Crippen LogP contribution in [0.15, 0.2) is 67.1 Å². The lowest BCUT2D eigenvalue weighted by atomic mass is 10.0. The summed E-state index contributed by atoms with van der Waals surface area (Å²) in [5.74, 6) is -2.47. The topological polar surface area (TPSA) is 90.0 Å². The molecule has 0 aliphatic heterocycles. The molecule has 0 fully saturated rings. The molecule has 0 spiro atoms. The predicted molar refractivity (Wildman–Crippen MR) is 130 cm³/mol. The van der Waals surface area contributed by atoms with Crippen molar-refractivity contribution >= 4 is 34.4 Å². The largest absolute Gasteiger partial charge is 0.478 e. The summed E-state index contributed by atoms with van der Waals surface area (Å²) >= 11 is 6.36. The van der Waals surface area contributed by atoms with Crippen LogP contribution >= 0.6 is 11.6 Å². The van der Waals surface area contributed by atoms with Crippen LogP contribution in [0.5, 0.6) is 0 Å². The van der Waals surface area contributed by atoms with E-state index in [1.165, 1.54) is 16.8 Å². The fourth-order valence-corrected chi connectivity index (χ4v) is 4.34. The standard InChI is InChI=1S/C26H18ClFN4O3/c1-14-4-3-5-19(27)23(14)25(33)32-22-11-15(21-12-31(2)13-29-21)6-9-18(22)24(30-32)17-8-7-16(26(34)35)10-20(17)28/h3-13H,1-2H3,(H,34,35). The van der Waals surface area contributed by atoms with Gasteiger partial charge in [-0.2, -0.15) is 9.78 Å². The summed E-state index contributed by atoms with van der Waals surface area (Å²) < 4.78 is 18.0. The van der Waals surface area contributed by atoms with Gasteiger partial charge in [0, 0.05) is 29.8 Å². The predicted octanol–water partition coefficient (Wildman–Crippen LogP) is 5.59. The molecule has 0 radical (unpaired) electrons. The number of carbonyl (C=O) groups is 2. The fraction of sp³-hybridized carbons (Fsp3) is 0.0769. The Morgan fingerprint density at radius 3 is 2.54 bits per heavy atom. The monoisotopic (exact) mass is 488 g/mol. The smallest absolute Gasteiger partial charge is 0.335 e. The third kappa shape index (κ3) is 3.87. The van der Waals surface area contributed by atoms with Crippen LogP contribution in [0.1, 0.15) is 26.3 Å². The Hall–Kier alpha value is -4.30. The SMILES string of the molecule is Cc1cccc(Cl)c1C(=O)n1nc(-c2ccc(C(=O)O)cc2F)c2ccc(-c3cn(C)cn3)cc21. The zero-order valence-electron chi connectivity index (χ0n) is 18.7. The molecule has 0 atom stereocenters. The van der Waals surface area contributed by atoms with Gasteiger partial charge in [0.25, 0.3) is 5.91 Å². The minimum Gasteiger partial charge on any atom is -0.478 e. The lowest BCUT2D eigenvalue weighted by Gasteiger charge is -2.08. The van der Waals surface area contributed by atoms with E-state index in [2.05, 4.69) is 10.1 Å². The number of aryl methyl sites for hydroxylation is 2. The van der Waals surface area contributed by atoms with Gasteiger partial charge in [-0.25, -0.2) is 14.2 Å². The van der Waals surface area contributed by atoms with E-state index in [9.17, 15) is 14.7 Å². The van der Waals surface area contributed by atoms with Gasteiger partial charge in [-0.3, -0.25) is 4.79 Å². The molecule has 2 heterocycles. The molecule has 5 aromatic rings. The van der Waals surface area contributed by atoms with Crippen molar-refractivity contribution in [3.05, 3.63) is 94.7 Å². The third-order valence-corrected chi connectivity index (χ3v) is 6.10. The fourth-order valence-electron chi connectivity index (χ4n) is 4.04. The Morgan fingerprint density at radius 1 is 1.09 bits per heavy atom. The van der Waals surface area contributed by atoms with Crippen molar-refractivity contribution in [1.29, 1.82) is 0 Å². The Kier molecular flexibility index (Phi) is 5.45. The minimum atomic E-state index is -1.24. The zero-order valence-corrected chi connectivity index (χ0v) is 19.4. The molecule has 5 rings (SSSR count). The number of aromatic nitrogens is 4. The Labute approximate surface area is 204 Å². The number of carboxylic acids is 1. The number of halogens is 2. The summed E-state index contributed by atoms with van der Waals surface area (Å²) in [6.45, 7) is 1.77. The molecule has 2 aromatic heterocycles. The van der Waals surface area contributed by atoms with Gasteiger partial charge >= 0.3 is 5.97 Å². The van der Waals surface area contributed by atoms with Gasteiger partial charge in [0.1, 0.15) is 11.5 Å². The lowest BCUT2D eigenvalue weighted by molar-refractivity contribution is 0.0696. The van der Waals surface area contributed by atoms with Crippen molar-refractivity contribution in [1.82, 2.24) is 19.3 Å². The van der Waals surface area contributed by atoms with Gasteiger partial charge in [-0.1, -0.05) is 29.8 Å². The van der Waals surface area contributed by atoms with Crippen LogP contribution in [0.2, 0.25) is 5.02 Å². The van der Waals surface area contributed by atoms with Crippen molar-refractivity contribution in [3.8, 4) is 22.5 Å². The number of rotatable bonds is 4. The van der Waals surface area contributed by atoms with Crippen LogP contribution in [-0.4, -0.2) is 36.3 Å². The van der Waals surface area contributed by atoms with Crippen LogP contribution < -0.4 is 0 Å². The number of carbonyl (C=O) groups excluding carboxylic acids is 1. The number of carboxylic acid groups (broad SMARTS) is 1. The quantitative estimate of drug-likeness (QED) is 0.356. The van der Waals surface area contributed by atoms with Gasteiger partial charge < -0.3 is 9.67 Å². The molecule has 0 saturated carbocycles. The number of hydrogen-bond donors (Lipinski definition) is 1. The summed E-state index contributed by atoms with van der Waals surface area (Å²) in [4.78, 5) is 29.3. The Bertz CT molecular complexity index is 1630. The zero-order chi connectivity index (χ0) is 24.9. The number of fused-ring (bicyclic) bond motifs is 1. The molecule has 0 unspecified atom stereocenters. The molecule has 0 bridgehead atoms. The van der Waals surface area contributed by atoms with Crippen molar-refractivity contribution in [2.75, 3.05) is 0 Å². The summed E-state index contributed by atoms with van der Waals surface area (Å²) in [6, 6.07) is 14.1. The number of aromatic carboxylic acids is 1. The van der Waals surface area contributed by atoms with E-state index in [4.69, 9.17) is 11.6 Å².